The van der Waals surface area contributed by atoms with Gasteiger partial charge in [0.05, 0.1) is 10.8 Å². The Morgan fingerprint density at radius 2 is 0.684 bits per heavy atom. The van der Waals surface area contributed by atoms with Crippen LogP contribution in [0.15, 0.2) is 288 Å². The molecule has 15 aromatic rings. The quantitative estimate of drug-likeness (QED) is 0.0406. The van der Waals surface area contributed by atoms with Gasteiger partial charge in [-0.15, -0.1) is 0 Å². The maximum Gasteiger partial charge on any atom is 0.144 e. The molecule has 3 heteroatoms. The zero-order valence-corrected chi connectivity index (χ0v) is 67.8. The Kier molecular flexibility index (Phi) is 19.9. The van der Waals surface area contributed by atoms with Crippen LogP contribution in [0.1, 0.15) is 254 Å². The maximum atomic E-state index is 7.73. The molecule has 0 fully saturated rings. The third kappa shape index (κ3) is 11.7. The van der Waals surface area contributed by atoms with E-state index in [1.54, 1.807) is 16.7 Å². The molecule has 0 spiro atoms. The van der Waals surface area contributed by atoms with E-state index in [0.29, 0.717) is 0 Å². The summed E-state index contributed by atoms with van der Waals surface area (Å²) in [6, 6.07) is 108. The minimum atomic E-state index is -0.771. The van der Waals surface area contributed by atoms with Gasteiger partial charge < -0.3 is 13.7 Å². The van der Waals surface area contributed by atoms with E-state index >= 15 is 0 Å². The molecule has 0 N–H and O–H groups in total. The van der Waals surface area contributed by atoms with Gasteiger partial charge in [-0.2, -0.15) is 0 Å². The number of anilines is 3. The van der Waals surface area contributed by atoms with Crippen molar-refractivity contribution in [3.05, 3.63) is 351 Å². The maximum absolute atomic E-state index is 7.73. The Hall–Kier alpha value is -10.7. The average Bonchev–Trinajstić information content (AvgIpc) is 1.50. The lowest BCUT2D eigenvalue weighted by molar-refractivity contribution is 0.369. The van der Waals surface area contributed by atoms with Gasteiger partial charge in [-0.3, -0.25) is 0 Å². The van der Waals surface area contributed by atoms with Crippen LogP contribution in [0.5, 0.6) is 0 Å². The van der Waals surface area contributed by atoms with Gasteiger partial charge in [0, 0.05) is 55.0 Å². The van der Waals surface area contributed by atoms with Gasteiger partial charge in [0.15, 0.2) is 0 Å². The molecule has 2 heterocycles. The number of hydrogen-bond donors (Lipinski definition) is 0. The first-order chi connectivity index (χ1) is 56.3. The summed E-state index contributed by atoms with van der Waals surface area (Å²) in [4.78, 5) is 2.66. The normalized spacial score (nSPS) is 14.6. The van der Waals surface area contributed by atoms with Crippen LogP contribution < -0.4 is 4.90 Å². The van der Waals surface area contributed by atoms with Crippen molar-refractivity contribution in [2.75, 3.05) is 4.90 Å². The molecule has 3 nitrogen and oxygen atoms in total. The first kappa shape index (κ1) is 73.4. The lowest BCUT2D eigenvalue weighted by atomic mass is 9.62. The van der Waals surface area contributed by atoms with Crippen LogP contribution in [0.4, 0.5) is 17.1 Å². The molecule has 2 aromatic heterocycles. The summed E-state index contributed by atoms with van der Waals surface area (Å²) >= 11 is 0. The van der Waals surface area contributed by atoms with Crippen molar-refractivity contribution in [3.8, 4) is 44.5 Å². The number of furan rings is 2. The number of para-hydroxylation sites is 2. The second kappa shape index (κ2) is 30.9. The van der Waals surface area contributed by atoms with Crippen LogP contribution in [0.2, 0.25) is 0 Å². The van der Waals surface area contributed by atoms with E-state index in [9.17, 15) is 0 Å². The van der Waals surface area contributed by atoms with Crippen LogP contribution in [0, 0.1) is 6.92 Å². The molecule has 570 valence electrons. The van der Waals surface area contributed by atoms with E-state index in [1.807, 2.05) is 0 Å². The summed E-state index contributed by atoms with van der Waals surface area (Å²) in [7, 11) is 0. The predicted molar refractivity (Wildman–Crippen MR) is 481 cm³/mol. The Morgan fingerprint density at radius 1 is 0.263 bits per heavy atom. The minimum Gasteiger partial charge on any atom is -0.456 e. The number of rotatable bonds is 31. The third-order valence-corrected chi connectivity index (χ3v) is 27.6. The molecule has 0 aliphatic heterocycles. The van der Waals surface area contributed by atoms with E-state index in [0.717, 1.165) is 70.2 Å². The number of hydrogen-bond acceptors (Lipinski definition) is 3. The van der Waals surface area contributed by atoms with E-state index in [4.69, 9.17) is 8.83 Å². The summed E-state index contributed by atoms with van der Waals surface area (Å²) in [6.07, 6.45) is 29.4. The highest BCUT2D eigenvalue weighted by Gasteiger charge is 2.56. The van der Waals surface area contributed by atoms with Gasteiger partial charge in [-0.25, -0.2) is 0 Å². The largest absolute Gasteiger partial charge is 0.456 e. The SMILES string of the molecule is CCCCCCCC1(CCCCCCC)c2cc(N(c3cccc(C)c3)c3ccc4c(c3)C(c3ccccc3)(c3ccccc3)c3cc5c(cc3-4)C(c3ccccc3)(c3ccccc3)c3ccc4oc6ccccc6c4c3-5)ccc2-c2c1c1c(c3c2oc2ccccc23)-c2ccccc2C1(CCCCCCC)CCCCCCC. The van der Waals surface area contributed by atoms with E-state index in [1.165, 1.54) is 245 Å². The smallest absolute Gasteiger partial charge is 0.144 e. The van der Waals surface area contributed by atoms with Crippen molar-refractivity contribution in [3.63, 3.8) is 0 Å². The second-order valence-corrected chi connectivity index (χ2v) is 34.2. The fourth-order valence-electron chi connectivity index (χ4n) is 22.6. The van der Waals surface area contributed by atoms with Gasteiger partial charge in [-0.1, -0.05) is 368 Å². The summed E-state index contributed by atoms with van der Waals surface area (Å²) < 4.78 is 14.7. The van der Waals surface area contributed by atoms with Crippen LogP contribution in [0.3, 0.4) is 0 Å². The van der Waals surface area contributed by atoms with E-state index in [2.05, 4.69) is 319 Å². The summed E-state index contributed by atoms with van der Waals surface area (Å²) in [6.45, 7) is 11.8. The Balaban J connectivity index is 0.881. The molecular formula is C111H109NO2. The van der Waals surface area contributed by atoms with Gasteiger partial charge in [0.2, 0.25) is 0 Å². The Labute approximate surface area is 676 Å². The number of fused-ring (bicyclic) bond motifs is 22. The highest BCUT2D eigenvalue weighted by Crippen LogP contribution is 2.69. The van der Waals surface area contributed by atoms with Gasteiger partial charge in [0.25, 0.3) is 0 Å². The van der Waals surface area contributed by atoms with Crippen molar-refractivity contribution in [2.24, 2.45) is 0 Å². The van der Waals surface area contributed by atoms with E-state index in [-0.39, 0.29) is 10.8 Å². The first-order valence-corrected chi connectivity index (χ1v) is 44.0. The molecule has 4 aliphatic rings. The van der Waals surface area contributed by atoms with Crippen LogP contribution >= 0.6 is 0 Å². The molecule has 4 aliphatic carbocycles. The fourth-order valence-corrected chi connectivity index (χ4v) is 22.6. The van der Waals surface area contributed by atoms with Crippen molar-refractivity contribution in [1.29, 1.82) is 0 Å². The molecule has 114 heavy (non-hydrogen) atoms. The highest BCUT2D eigenvalue weighted by atomic mass is 16.3. The van der Waals surface area contributed by atoms with Crippen LogP contribution in [-0.4, -0.2) is 0 Å². The Morgan fingerprint density at radius 3 is 1.24 bits per heavy atom. The van der Waals surface area contributed by atoms with Crippen molar-refractivity contribution in [2.45, 2.75) is 210 Å². The lowest BCUT2D eigenvalue weighted by Crippen LogP contribution is -2.33. The summed E-state index contributed by atoms with van der Waals surface area (Å²) in [5, 5.41) is 4.87. The molecule has 0 unspecified atom stereocenters. The molecular weight excluding hydrogens is 1380 g/mol. The monoisotopic (exact) mass is 1490 g/mol. The van der Waals surface area contributed by atoms with Crippen LogP contribution in [-0.2, 0) is 21.7 Å². The molecule has 0 amide bonds. The molecule has 0 saturated carbocycles. The molecule has 19 rings (SSSR count). The molecule has 0 atom stereocenters. The highest BCUT2D eigenvalue weighted by molar-refractivity contribution is 6.21. The number of unbranched alkanes of at least 4 members (excludes halogenated alkanes) is 16. The average molecular weight is 1490 g/mol. The summed E-state index contributed by atoms with van der Waals surface area (Å²) in [5.74, 6) is 0. The summed E-state index contributed by atoms with van der Waals surface area (Å²) in [5.41, 5.74) is 33.7. The molecule has 0 bridgehead atoms. The fraction of sp³-hybridized carbons (Fsp3) is 0.297. The van der Waals surface area contributed by atoms with Gasteiger partial charge >= 0.3 is 0 Å². The van der Waals surface area contributed by atoms with Crippen LogP contribution in [0.25, 0.3) is 88.4 Å². The molecule has 0 saturated heterocycles. The zero-order chi connectivity index (χ0) is 77.0. The molecule has 0 radical (unpaired) electrons. The zero-order valence-electron chi connectivity index (χ0n) is 67.8. The Bertz CT molecular complexity index is 5920. The second-order valence-electron chi connectivity index (χ2n) is 34.2. The van der Waals surface area contributed by atoms with Gasteiger partial charge in [0.1, 0.15) is 22.3 Å². The van der Waals surface area contributed by atoms with Crippen molar-refractivity contribution < 1.29 is 8.83 Å². The lowest BCUT2D eigenvalue weighted by Gasteiger charge is -2.40. The number of aryl methyl sites for hydroxylation is 1. The third-order valence-electron chi connectivity index (χ3n) is 27.6. The first-order valence-electron chi connectivity index (χ1n) is 44.0. The topological polar surface area (TPSA) is 29.5 Å². The van der Waals surface area contributed by atoms with E-state index < -0.39 is 10.8 Å². The van der Waals surface area contributed by atoms with Crippen molar-refractivity contribution in [1.82, 2.24) is 0 Å². The number of benzene rings is 13. The number of nitrogens with zero attached hydrogens (tertiary/aromatic N) is 1. The minimum absolute atomic E-state index is 0.171. The van der Waals surface area contributed by atoms with Crippen molar-refractivity contribution >= 4 is 60.9 Å². The molecule has 13 aromatic carbocycles. The van der Waals surface area contributed by atoms with Gasteiger partial charge in [-0.05, 0) is 211 Å². The predicted octanol–water partition coefficient (Wildman–Crippen LogP) is 32.0. The standard InChI is InChI=1S/C111H109NO2/c1-6-10-14-18-40-67-108(68-41-19-15-11-7-2)91-58-37-34-55-85(91)102-103-88-57-36-39-60-98(88)114-107(103)104-86-64-62-82(72-93(86)109(106(104)105(102)108,69-42-20-16-12-8-3)70-43-21-17-13-9-4)112(81-54-44-45-76(5)71-81)83-61-63-84-89-74-96-90(75-95(89)111(94(84)73-83,79-50-30-24-31-51-79)80-52-32-25-33-53-80)100-92(65-66-99-101(100)87-56-35-38-59-97(87)113-99)110(96,77-46-26-22-27-47-77)78-48-28-23-29-49-78/h22-39,44-66,71-75H,6-21,40-43,67-70H2,1-5H3.